The van der Waals surface area contributed by atoms with Crippen LogP contribution in [0.3, 0.4) is 0 Å². The third kappa shape index (κ3) is 4.84. The van der Waals surface area contributed by atoms with Gasteiger partial charge in [-0.3, -0.25) is 0 Å². The third-order valence-electron chi connectivity index (χ3n) is 3.95. The van der Waals surface area contributed by atoms with Gasteiger partial charge in [0.15, 0.2) is 0 Å². The molecule has 0 atom stereocenters. The maximum absolute atomic E-state index is 5.50. The molecule has 0 unspecified atom stereocenters. The standard InChI is InChI=1S/C24H12Cl3N/c25-16-13-19-1-7-22(8-2-19)28(23-9-3-20(4-10-23)14-17-26)24-11-5-21(6-12-24)15-18-27/h1-12H. The molecule has 0 saturated heterocycles. The first-order chi connectivity index (χ1) is 13.7. The Morgan fingerprint density at radius 1 is 0.429 bits per heavy atom. The van der Waals surface area contributed by atoms with Crippen molar-refractivity contribution in [3.63, 3.8) is 0 Å². The van der Waals surface area contributed by atoms with Crippen molar-refractivity contribution in [3.8, 4) is 33.9 Å². The minimum Gasteiger partial charge on any atom is -0.311 e. The maximum atomic E-state index is 5.50. The highest BCUT2D eigenvalue weighted by atomic mass is 35.5. The van der Waals surface area contributed by atoms with Crippen LogP contribution < -0.4 is 4.90 Å². The third-order valence-corrected chi connectivity index (χ3v) is 4.23. The van der Waals surface area contributed by atoms with Crippen LogP contribution in [-0.2, 0) is 0 Å². The Hall–Kier alpha value is -2.99. The van der Waals surface area contributed by atoms with Gasteiger partial charge in [-0.05, 0) is 125 Å². The predicted molar refractivity (Wildman–Crippen MR) is 119 cm³/mol. The fourth-order valence-corrected chi connectivity index (χ4v) is 3.02. The van der Waals surface area contributed by atoms with Gasteiger partial charge in [-0.2, -0.15) is 0 Å². The van der Waals surface area contributed by atoms with Crippen LogP contribution in [-0.4, -0.2) is 0 Å². The quantitative estimate of drug-likeness (QED) is 0.421. The van der Waals surface area contributed by atoms with Crippen molar-refractivity contribution in [1.29, 1.82) is 0 Å². The summed E-state index contributed by atoms with van der Waals surface area (Å²) in [6, 6.07) is 23.5. The summed E-state index contributed by atoms with van der Waals surface area (Å²) < 4.78 is 0. The van der Waals surface area contributed by atoms with Crippen LogP contribution in [0.4, 0.5) is 17.1 Å². The van der Waals surface area contributed by atoms with E-state index in [1.165, 1.54) is 0 Å². The molecule has 134 valence electrons. The Morgan fingerprint density at radius 3 is 0.893 bits per heavy atom. The van der Waals surface area contributed by atoms with Crippen LogP contribution in [0.15, 0.2) is 72.8 Å². The summed E-state index contributed by atoms with van der Waals surface area (Å²) in [5, 5.41) is 7.18. The number of nitrogens with zero attached hydrogens (tertiary/aromatic N) is 1. The number of rotatable bonds is 3. The van der Waals surface area contributed by atoms with E-state index in [1.54, 1.807) is 0 Å². The lowest BCUT2D eigenvalue weighted by Crippen LogP contribution is -2.09. The van der Waals surface area contributed by atoms with E-state index < -0.39 is 0 Å². The molecule has 3 aromatic carbocycles. The van der Waals surface area contributed by atoms with Crippen molar-refractivity contribution in [2.45, 2.75) is 0 Å². The molecule has 0 fully saturated rings. The molecule has 0 aliphatic carbocycles. The number of halogens is 3. The van der Waals surface area contributed by atoms with Crippen LogP contribution in [0.1, 0.15) is 16.7 Å². The lowest BCUT2D eigenvalue weighted by Gasteiger charge is -2.25. The van der Waals surface area contributed by atoms with E-state index in [0.717, 1.165) is 33.8 Å². The highest BCUT2D eigenvalue weighted by molar-refractivity contribution is 6.30. The van der Waals surface area contributed by atoms with Gasteiger partial charge in [0.2, 0.25) is 0 Å². The van der Waals surface area contributed by atoms with Gasteiger partial charge in [-0.15, -0.1) is 0 Å². The average Bonchev–Trinajstić information content (AvgIpc) is 2.73. The molecule has 0 amide bonds. The molecule has 0 bridgehead atoms. The van der Waals surface area contributed by atoms with Crippen LogP contribution in [0.5, 0.6) is 0 Å². The molecule has 4 heteroatoms. The molecule has 0 spiro atoms. The van der Waals surface area contributed by atoms with Crippen molar-refractivity contribution in [1.82, 2.24) is 0 Å². The average molecular weight is 421 g/mol. The Morgan fingerprint density at radius 2 is 0.679 bits per heavy atom. The van der Waals surface area contributed by atoms with Gasteiger partial charge < -0.3 is 4.90 Å². The minimum absolute atomic E-state index is 0.846. The van der Waals surface area contributed by atoms with Crippen molar-refractivity contribution in [2.75, 3.05) is 4.90 Å². The smallest absolute Gasteiger partial charge is 0.0462 e. The molecule has 0 saturated carbocycles. The molecule has 0 radical (unpaired) electrons. The summed E-state index contributed by atoms with van der Waals surface area (Å²) in [6.45, 7) is 0. The Kier molecular flexibility index (Phi) is 6.92. The molecule has 3 aromatic rings. The molecule has 28 heavy (non-hydrogen) atoms. The van der Waals surface area contributed by atoms with E-state index in [9.17, 15) is 0 Å². The first-order valence-corrected chi connectivity index (χ1v) is 9.34. The Labute approximate surface area is 179 Å². The topological polar surface area (TPSA) is 3.24 Å². The molecule has 0 N–H and O–H groups in total. The summed E-state index contributed by atoms with van der Waals surface area (Å²) in [5.41, 5.74) is 5.48. The van der Waals surface area contributed by atoms with Crippen molar-refractivity contribution < 1.29 is 0 Å². The first kappa shape index (κ1) is 19.8. The molecule has 3 rings (SSSR count). The predicted octanol–water partition coefficient (Wildman–Crippen LogP) is 6.80. The Balaban J connectivity index is 2.07. The molecule has 1 nitrogen and oxygen atoms in total. The molecular formula is C24H12Cl3N. The number of hydrogen-bond acceptors (Lipinski definition) is 1. The second-order valence-corrected chi connectivity index (χ2v) is 6.20. The van der Waals surface area contributed by atoms with Gasteiger partial charge in [0.25, 0.3) is 0 Å². The molecule has 0 heterocycles. The lowest BCUT2D eigenvalue weighted by molar-refractivity contribution is 1.28. The summed E-state index contributed by atoms with van der Waals surface area (Å²) in [6.07, 6.45) is 0. The SMILES string of the molecule is ClC#Cc1ccc(N(c2ccc(C#CCl)cc2)c2ccc(C#CCl)cc2)cc1. The monoisotopic (exact) mass is 419 g/mol. The van der Waals surface area contributed by atoms with Gasteiger partial charge in [-0.25, -0.2) is 0 Å². The van der Waals surface area contributed by atoms with E-state index in [4.69, 9.17) is 34.8 Å². The fraction of sp³-hybridized carbons (Fsp3) is 0. The van der Waals surface area contributed by atoms with Gasteiger partial charge >= 0.3 is 0 Å². The number of hydrogen-bond donors (Lipinski definition) is 0. The summed E-state index contributed by atoms with van der Waals surface area (Å²) in [7, 11) is 0. The summed E-state index contributed by atoms with van der Waals surface area (Å²) >= 11 is 16.5. The lowest BCUT2D eigenvalue weighted by atomic mass is 10.1. The van der Waals surface area contributed by atoms with Crippen LogP contribution in [0.25, 0.3) is 0 Å². The van der Waals surface area contributed by atoms with E-state index in [1.807, 2.05) is 72.8 Å². The minimum atomic E-state index is 0.846. The highest BCUT2D eigenvalue weighted by Crippen LogP contribution is 2.34. The van der Waals surface area contributed by atoms with Gasteiger partial charge in [-0.1, -0.05) is 0 Å². The van der Waals surface area contributed by atoms with Crippen molar-refractivity contribution in [2.24, 2.45) is 0 Å². The molecular weight excluding hydrogens is 409 g/mol. The zero-order valence-electron chi connectivity index (χ0n) is 14.5. The van der Waals surface area contributed by atoms with Crippen molar-refractivity contribution in [3.05, 3.63) is 89.5 Å². The molecule has 0 aliphatic rings. The second-order valence-electron chi connectivity index (χ2n) is 5.63. The maximum Gasteiger partial charge on any atom is 0.0462 e. The number of anilines is 3. The number of benzene rings is 3. The van der Waals surface area contributed by atoms with E-state index in [0.29, 0.717) is 0 Å². The summed E-state index contributed by atoms with van der Waals surface area (Å²) in [4.78, 5) is 2.12. The largest absolute Gasteiger partial charge is 0.311 e. The van der Waals surface area contributed by atoms with E-state index >= 15 is 0 Å². The first-order valence-electron chi connectivity index (χ1n) is 8.20. The van der Waals surface area contributed by atoms with Crippen molar-refractivity contribution >= 4 is 51.9 Å². The van der Waals surface area contributed by atoms with Crippen LogP contribution in [0.2, 0.25) is 0 Å². The van der Waals surface area contributed by atoms with Crippen LogP contribution >= 0.6 is 34.8 Å². The fourth-order valence-electron chi connectivity index (χ4n) is 2.69. The summed E-state index contributed by atoms with van der Waals surface area (Å²) in [5.74, 6) is 8.51. The van der Waals surface area contributed by atoms with Gasteiger partial charge in [0.1, 0.15) is 0 Å². The zero-order chi connectivity index (χ0) is 19.8. The van der Waals surface area contributed by atoms with E-state index in [2.05, 4.69) is 38.8 Å². The molecule has 0 aliphatic heterocycles. The van der Waals surface area contributed by atoms with Crippen LogP contribution in [0, 0.1) is 33.9 Å². The molecule has 0 aromatic heterocycles. The zero-order valence-corrected chi connectivity index (χ0v) is 16.8. The highest BCUT2D eigenvalue weighted by Gasteiger charge is 2.12. The van der Waals surface area contributed by atoms with Gasteiger partial charge in [0.05, 0.1) is 0 Å². The van der Waals surface area contributed by atoms with E-state index in [-0.39, 0.29) is 0 Å². The van der Waals surface area contributed by atoms with Gasteiger partial charge in [0, 0.05) is 49.9 Å². The normalized spacial score (nSPS) is 9.11. The second kappa shape index (κ2) is 9.80. The Bertz CT molecular complexity index is 978.